The summed E-state index contributed by atoms with van der Waals surface area (Å²) in [5.74, 6) is -1.21. The van der Waals surface area contributed by atoms with Crippen LogP contribution in [-0.4, -0.2) is 19.6 Å². The van der Waals surface area contributed by atoms with Crippen molar-refractivity contribution in [2.45, 2.75) is 4.90 Å². The highest BCUT2D eigenvalue weighted by Crippen LogP contribution is 2.31. The van der Waals surface area contributed by atoms with Gasteiger partial charge in [-0.3, -0.25) is 0 Å². The van der Waals surface area contributed by atoms with Gasteiger partial charge in [0.25, 0.3) is 0 Å². The van der Waals surface area contributed by atoms with Gasteiger partial charge in [-0.15, -0.1) is 3.89 Å². The van der Waals surface area contributed by atoms with E-state index in [1.807, 2.05) is 0 Å². The van der Waals surface area contributed by atoms with Gasteiger partial charge < -0.3 is 5.11 Å². The molecule has 0 spiro atoms. The molecule has 0 aliphatic carbocycles. The maximum absolute atomic E-state index is 14.0. The van der Waals surface area contributed by atoms with E-state index in [9.17, 15) is 26.6 Å². The second kappa shape index (κ2) is 5.90. The predicted octanol–water partition coefficient (Wildman–Crippen LogP) is 3.95. The van der Waals surface area contributed by atoms with E-state index in [1.54, 1.807) is 0 Å². The third-order valence-electron chi connectivity index (χ3n) is 2.70. The fraction of sp³-hybridized carbons (Fsp3) is 0. The van der Waals surface area contributed by atoms with Crippen LogP contribution in [0.4, 0.5) is 24.4 Å². The molecule has 0 fully saturated rings. The molecule has 0 radical (unpaired) electrons. The van der Waals surface area contributed by atoms with Crippen molar-refractivity contribution in [3.05, 3.63) is 53.3 Å². The molecule has 9 heteroatoms. The Hall–Kier alpha value is -2.19. The molecule has 2 rings (SSSR count). The molecule has 0 aliphatic rings. The third kappa shape index (κ3) is 3.34. The Morgan fingerprint density at radius 3 is 2.36 bits per heavy atom. The van der Waals surface area contributed by atoms with Crippen LogP contribution in [0.3, 0.4) is 0 Å². The number of halogens is 3. The summed E-state index contributed by atoms with van der Waals surface area (Å²) in [6.45, 7) is 0. The fourth-order valence-electron chi connectivity index (χ4n) is 1.79. The molecule has 0 aliphatic heterocycles. The molecule has 1 amide bonds. The van der Waals surface area contributed by atoms with E-state index in [-0.39, 0.29) is 10.7 Å². The maximum atomic E-state index is 14.0. The average Bonchev–Trinajstić information content (AvgIpc) is 2.39. The number of carboxylic acid groups (broad SMARTS) is 1. The van der Waals surface area contributed by atoms with Crippen LogP contribution < -0.4 is 4.90 Å². The van der Waals surface area contributed by atoms with E-state index < -0.39 is 32.7 Å². The molecule has 0 saturated heterocycles. The third-order valence-corrected chi connectivity index (χ3v) is 3.75. The van der Waals surface area contributed by atoms with Crippen LogP contribution in [0.1, 0.15) is 0 Å². The van der Waals surface area contributed by atoms with Gasteiger partial charge in [-0.1, -0.05) is 17.7 Å². The second-order valence-electron chi connectivity index (χ2n) is 4.15. The van der Waals surface area contributed by atoms with E-state index in [0.29, 0.717) is 11.0 Å². The summed E-state index contributed by atoms with van der Waals surface area (Å²) in [5, 5.41) is 9.48. The Kier molecular flexibility index (Phi) is 4.34. The molecule has 116 valence electrons. The van der Waals surface area contributed by atoms with Gasteiger partial charge in [0.2, 0.25) is 0 Å². The first-order valence-corrected chi connectivity index (χ1v) is 7.49. The number of rotatable bonds is 3. The van der Waals surface area contributed by atoms with Gasteiger partial charge in [0.05, 0.1) is 11.4 Å². The highest BCUT2D eigenvalue weighted by Gasteiger charge is 2.23. The van der Waals surface area contributed by atoms with E-state index in [1.165, 1.54) is 24.3 Å². The van der Waals surface area contributed by atoms with Crippen molar-refractivity contribution in [3.63, 3.8) is 0 Å². The summed E-state index contributed by atoms with van der Waals surface area (Å²) >= 11 is 5.76. The number of carbonyl (C=O) groups is 1. The molecule has 0 saturated carbocycles. The number of hydrogen-bond acceptors (Lipinski definition) is 3. The lowest BCUT2D eigenvalue weighted by atomic mass is 10.2. The Labute approximate surface area is 129 Å². The molecule has 2 aromatic rings. The van der Waals surface area contributed by atoms with Crippen LogP contribution in [0.2, 0.25) is 5.02 Å². The van der Waals surface area contributed by atoms with E-state index in [0.717, 1.165) is 12.1 Å². The lowest BCUT2D eigenvalue weighted by Gasteiger charge is -2.20. The summed E-state index contributed by atoms with van der Waals surface area (Å²) in [7, 11) is -5.09. The Morgan fingerprint density at radius 1 is 1.18 bits per heavy atom. The summed E-state index contributed by atoms with van der Waals surface area (Å²) in [5.41, 5.74) is -0.406. The quantitative estimate of drug-likeness (QED) is 0.853. The largest absolute Gasteiger partial charge is 0.464 e. The summed E-state index contributed by atoms with van der Waals surface area (Å²) in [6.07, 6.45) is -1.52. The number of benzene rings is 2. The van der Waals surface area contributed by atoms with Crippen molar-refractivity contribution in [1.82, 2.24) is 0 Å². The molecule has 22 heavy (non-hydrogen) atoms. The lowest BCUT2D eigenvalue weighted by Crippen LogP contribution is -2.24. The summed E-state index contributed by atoms with van der Waals surface area (Å²) < 4.78 is 48.3. The highest BCUT2D eigenvalue weighted by atomic mass is 35.5. The van der Waals surface area contributed by atoms with Crippen molar-refractivity contribution >= 4 is 39.3 Å². The normalized spacial score (nSPS) is 11.2. The monoisotopic (exact) mass is 347 g/mol. The van der Waals surface area contributed by atoms with Crippen LogP contribution in [0.25, 0.3) is 0 Å². The van der Waals surface area contributed by atoms with Crippen LogP contribution >= 0.6 is 11.6 Å². The van der Waals surface area contributed by atoms with Crippen LogP contribution in [-0.2, 0) is 10.2 Å². The molecule has 0 atom stereocenters. The smallest absolute Gasteiger partial charge is 0.416 e. The fourth-order valence-corrected chi connectivity index (χ4v) is 2.45. The van der Waals surface area contributed by atoms with E-state index in [4.69, 9.17) is 11.6 Å². The van der Waals surface area contributed by atoms with Gasteiger partial charge in [0, 0.05) is 5.02 Å². The Balaban J connectivity index is 2.58. The molecule has 1 N–H and O–H groups in total. The highest BCUT2D eigenvalue weighted by molar-refractivity contribution is 7.86. The van der Waals surface area contributed by atoms with Crippen molar-refractivity contribution in [3.8, 4) is 0 Å². The molecule has 0 bridgehead atoms. The summed E-state index contributed by atoms with van der Waals surface area (Å²) in [6, 6.07) is 7.66. The first-order valence-electron chi connectivity index (χ1n) is 5.73. The average molecular weight is 348 g/mol. The Bertz CT molecular complexity index is 842. The van der Waals surface area contributed by atoms with E-state index in [2.05, 4.69) is 0 Å². The summed E-state index contributed by atoms with van der Waals surface area (Å²) in [4.78, 5) is 11.0. The molecular formula is C13H8ClF2NO4S. The zero-order chi connectivity index (χ0) is 16.5. The first-order chi connectivity index (χ1) is 10.2. The lowest BCUT2D eigenvalue weighted by molar-refractivity contribution is 0.204. The van der Waals surface area contributed by atoms with Gasteiger partial charge in [-0.05, 0) is 36.4 Å². The topological polar surface area (TPSA) is 74.7 Å². The van der Waals surface area contributed by atoms with Gasteiger partial charge in [0.1, 0.15) is 10.7 Å². The van der Waals surface area contributed by atoms with Gasteiger partial charge in [-0.2, -0.15) is 8.42 Å². The SMILES string of the molecule is O=C(O)N(c1cccc(Cl)c1)c1ccc(S(=O)(=O)F)cc1F. The first kappa shape index (κ1) is 16.2. The zero-order valence-corrected chi connectivity index (χ0v) is 12.3. The molecule has 0 aromatic heterocycles. The van der Waals surface area contributed by atoms with Crippen molar-refractivity contribution in [2.75, 3.05) is 4.90 Å². The maximum Gasteiger partial charge on any atom is 0.416 e. The number of nitrogens with zero attached hydrogens (tertiary/aromatic N) is 1. The molecular weight excluding hydrogens is 340 g/mol. The van der Waals surface area contributed by atoms with Gasteiger partial charge in [-0.25, -0.2) is 14.1 Å². The van der Waals surface area contributed by atoms with Crippen LogP contribution in [0.15, 0.2) is 47.4 Å². The zero-order valence-electron chi connectivity index (χ0n) is 10.7. The predicted molar refractivity (Wildman–Crippen MR) is 76.3 cm³/mol. The minimum atomic E-state index is -5.09. The molecule has 2 aromatic carbocycles. The van der Waals surface area contributed by atoms with Gasteiger partial charge in [0.15, 0.2) is 0 Å². The van der Waals surface area contributed by atoms with Crippen LogP contribution in [0.5, 0.6) is 0 Å². The van der Waals surface area contributed by atoms with Gasteiger partial charge >= 0.3 is 16.3 Å². The molecule has 0 unspecified atom stereocenters. The molecule has 5 nitrogen and oxygen atoms in total. The number of anilines is 2. The van der Waals surface area contributed by atoms with Crippen molar-refractivity contribution in [2.24, 2.45) is 0 Å². The molecule has 0 heterocycles. The number of amides is 1. The minimum absolute atomic E-state index is 0.0507. The minimum Gasteiger partial charge on any atom is -0.464 e. The number of hydrogen-bond donors (Lipinski definition) is 1. The second-order valence-corrected chi connectivity index (χ2v) is 5.93. The Morgan fingerprint density at radius 2 is 1.86 bits per heavy atom. The standard InChI is InChI=1S/C13H8ClF2NO4S/c14-8-2-1-3-9(6-8)17(13(18)19)12-5-4-10(7-11(12)15)22(16,20)21/h1-7H,(H,18,19). The van der Waals surface area contributed by atoms with Crippen molar-refractivity contribution in [1.29, 1.82) is 0 Å². The van der Waals surface area contributed by atoms with E-state index >= 15 is 0 Å². The van der Waals surface area contributed by atoms with Crippen LogP contribution in [0, 0.1) is 5.82 Å². The van der Waals surface area contributed by atoms with Crippen molar-refractivity contribution < 1.29 is 26.6 Å².